The summed E-state index contributed by atoms with van der Waals surface area (Å²) in [4.78, 5) is 12.0. The van der Waals surface area contributed by atoms with E-state index in [1.807, 2.05) is 20.8 Å². The fourth-order valence-corrected chi connectivity index (χ4v) is 2.46. The van der Waals surface area contributed by atoms with Gasteiger partial charge in [0.1, 0.15) is 11.3 Å². The SMILES string of the molecule is CC(C)(C)OC(=O)C[C@@]1(N)C[C@@H](CCN)OC(C)(C)O1. The van der Waals surface area contributed by atoms with Gasteiger partial charge < -0.3 is 25.7 Å². The normalized spacial score (nSPS) is 30.1. The maximum atomic E-state index is 12.0. The summed E-state index contributed by atoms with van der Waals surface area (Å²) in [6.45, 7) is 9.53. The van der Waals surface area contributed by atoms with Crippen LogP contribution in [-0.4, -0.2) is 35.7 Å². The monoisotopic (exact) mass is 288 g/mol. The van der Waals surface area contributed by atoms with Gasteiger partial charge in [0.2, 0.25) is 0 Å². The summed E-state index contributed by atoms with van der Waals surface area (Å²) in [5.41, 5.74) is 10.2. The van der Waals surface area contributed by atoms with Crippen molar-refractivity contribution in [1.82, 2.24) is 0 Å². The van der Waals surface area contributed by atoms with E-state index in [0.717, 1.165) is 0 Å². The molecule has 4 N–H and O–H groups in total. The Morgan fingerprint density at radius 3 is 2.50 bits per heavy atom. The van der Waals surface area contributed by atoms with Crippen LogP contribution in [-0.2, 0) is 19.0 Å². The van der Waals surface area contributed by atoms with Gasteiger partial charge in [-0.2, -0.15) is 0 Å². The molecule has 2 atom stereocenters. The van der Waals surface area contributed by atoms with E-state index in [-0.39, 0.29) is 18.5 Å². The summed E-state index contributed by atoms with van der Waals surface area (Å²) in [6.07, 6.45) is 0.988. The highest BCUT2D eigenvalue weighted by atomic mass is 16.7. The maximum absolute atomic E-state index is 12.0. The second-order valence-corrected chi connectivity index (χ2v) is 6.85. The number of carbonyl (C=O) groups excluding carboxylic acids is 1. The Morgan fingerprint density at radius 1 is 1.40 bits per heavy atom. The maximum Gasteiger partial charge on any atom is 0.310 e. The number of nitrogens with two attached hydrogens (primary N) is 2. The Balaban J connectivity index is 2.72. The zero-order valence-corrected chi connectivity index (χ0v) is 13.2. The molecule has 1 fully saturated rings. The van der Waals surface area contributed by atoms with Gasteiger partial charge in [0.05, 0.1) is 12.5 Å². The molecule has 1 heterocycles. The van der Waals surface area contributed by atoms with Crippen LogP contribution >= 0.6 is 0 Å². The van der Waals surface area contributed by atoms with Crippen molar-refractivity contribution in [2.75, 3.05) is 6.54 Å². The quantitative estimate of drug-likeness (QED) is 0.756. The molecular formula is C14H28N2O4. The van der Waals surface area contributed by atoms with E-state index >= 15 is 0 Å². The Kier molecular flexibility index (Phi) is 5.18. The molecule has 118 valence electrons. The van der Waals surface area contributed by atoms with Gasteiger partial charge in [-0.05, 0) is 47.6 Å². The van der Waals surface area contributed by atoms with Gasteiger partial charge in [-0.1, -0.05) is 0 Å². The molecule has 1 saturated heterocycles. The van der Waals surface area contributed by atoms with Crippen molar-refractivity contribution in [3.05, 3.63) is 0 Å². The van der Waals surface area contributed by atoms with Gasteiger partial charge in [-0.25, -0.2) is 0 Å². The molecule has 6 heteroatoms. The van der Waals surface area contributed by atoms with Crippen molar-refractivity contribution >= 4 is 5.97 Å². The van der Waals surface area contributed by atoms with Crippen LogP contribution in [0.4, 0.5) is 0 Å². The van der Waals surface area contributed by atoms with Crippen LogP contribution in [0, 0.1) is 0 Å². The fourth-order valence-electron chi connectivity index (χ4n) is 2.46. The first kappa shape index (κ1) is 17.4. The molecule has 0 saturated carbocycles. The molecule has 0 aromatic carbocycles. The first-order chi connectivity index (χ1) is 8.95. The van der Waals surface area contributed by atoms with E-state index in [1.165, 1.54) is 0 Å². The lowest BCUT2D eigenvalue weighted by atomic mass is 9.97. The number of hydrogen-bond acceptors (Lipinski definition) is 6. The Bertz CT molecular complexity index is 352. The lowest BCUT2D eigenvalue weighted by Crippen LogP contribution is -2.58. The third-order valence-electron chi connectivity index (χ3n) is 2.82. The van der Waals surface area contributed by atoms with Gasteiger partial charge >= 0.3 is 5.97 Å². The van der Waals surface area contributed by atoms with Crippen LogP contribution < -0.4 is 11.5 Å². The average Bonchev–Trinajstić information content (AvgIpc) is 2.08. The summed E-state index contributed by atoms with van der Waals surface area (Å²) < 4.78 is 16.8. The van der Waals surface area contributed by atoms with Gasteiger partial charge in [0.15, 0.2) is 5.79 Å². The smallest absolute Gasteiger partial charge is 0.310 e. The number of esters is 1. The zero-order chi connectivity index (χ0) is 15.6. The third-order valence-corrected chi connectivity index (χ3v) is 2.82. The number of ether oxygens (including phenoxy) is 3. The summed E-state index contributed by atoms with van der Waals surface area (Å²) >= 11 is 0. The van der Waals surface area contributed by atoms with Crippen molar-refractivity contribution in [2.24, 2.45) is 11.5 Å². The molecule has 0 spiro atoms. The minimum Gasteiger partial charge on any atom is -0.460 e. The molecular weight excluding hydrogens is 260 g/mol. The summed E-state index contributed by atoms with van der Waals surface area (Å²) in [6, 6.07) is 0. The molecule has 0 unspecified atom stereocenters. The first-order valence-corrected chi connectivity index (χ1v) is 7.03. The molecule has 0 aromatic rings. The molecule has 6 nitrogen and oxygen atoms in total. The van der Waals surface area contributed by atoms with E-state index in [9.17, 15) is 4.79 Å². The molecule has 0 aromatic heterocycles. The fraction of sp³-hybridized carbons (Fsp3) is 0.929. The van der Waals surface area contributed by atoms with Crippen LogP contribution in [0.1, 0.15) is 53.9 Å². The van der Waals surface area contributed by atoms with Crippen molar-refractivity contribution in [3.63, 3.8) is 0 Å². The van der Waals surface area contributed by atoms with Gasteiger partial charge in [-0.3, -0.25) is 4.79 Å². The van der Waals surface area contributed by atoms with E-state index < -0.39 is 17.1 Å². The first-order valence-electron chi connectivity index (χ1n) is 7.03. The second kappa shape index (κ2) is 5.97. The van der Waals surface area contributed by atoms with Gasteiger partial charge in [0.25, 0.3) is 0 Å². The molecule has 0 radical (unpaired) electrons. The third kappa shape index (κ3) is 5.75. The number of rotatable bonds is 4. The topological polar surface area (TPSA) is 96.8 Å². The van der Waals surface area contributed by atoms with Gasteiger partial charge in [-0.15, -0.1) is 0 Å². The summed E-state index contributed by atoms with van der Waals surface area (Å²) in [5.74, 6) is -1.21. The van der Waals surface area contributed by atoms with E-state index in [4.69, 9.17) is 25.7 Å². The highest BCUT2D eigenvalue weighted by molar-refractivity contribution is 5.71. The minimum absolute atomic E-state index is 0.00185. The Morgan fingerprint density at radius 2 is 2.00 bits per heavy atom. The molecule has 0 amide bonds. The standard InChI is InChI=1S/C14H28N2O4/c1-12(2,3)19-11(17)9-14(16)8-10(6-7-15)18-13(4,5)20-14/h10H,6-9,15-16H2,1-5H3/t10-,14-/m1/s1. The number of carbonyl (C=O) groups is 1. The molecule has 1 aliphatic rings. The van der Waals surface area contributed by atoms with Crippen LogP contribution in [0.2, 0.25) is 0 Å². The second-order valence-electron chi connectivity index (χ2n) is 6.85. The summed E-state index contributed by atoms with van der Waals surface area (Å²) in [7, 11) is 0. The van der Waals surface area contributed by atoms with Crippen molar-refractivity contribution in [1.29, 1.82) is 0 Å². The lowest BCUT2D eigenvalue weighted by Gasteiger charge is -2.46. The zero-order valence-electron chi connectivity index (χ0n) is 13.2. The largest absolute Gasteiger partial charge is 0.460 e. The Hall–Kier alpha value is -0.690. The summed E-state index contributed by atoms with van der Waals surface area (Å²) in [5, 5.41) is 0. The molecule has 0 aliphatic carbocycles. The van der Waals surface area contributed by atoms with Crippen LogP contribution in [0.5, 0.6) is 0 Å². The highest BCUT2D eigenvalue weighted by Crippen LogP contribution is 2.34. The molecule has 1 rings (SSSR count). The van der Waals surface area contributed by atoms with Gasteiger partial charge in [0, 0.05) is 6.42 Å². The van der Waals surface area contributed by atoms with Crippen LogP contribution in [0.3, 0.4) is 0 Å². The minimum atomic E-state index is -1.08. The molecule has 20 heavy (non-hydrogen) atoms. The average molecular weight is 288 g/mol. The van der Waals surface area contributed by atoms with E-state index in [0.29, 0.717) is 19.4 Å². The van der Waals surface area contributed by atoms with E-state index in [1.54, 1.807) is 13.8 Å². The highest BCUT2D eigenvalue weighted by Gasteiger charge is 2.45. The molecule has 1 aliphatic heterocycles. The van der Waals surface area contributed by atoms with Crippen molar-refractivity contribution in [2.45, 2.75) is 77.1 Å². The van der Waals surface area contributed by atoms with Crippen molar-refractivity contribution in [3.8, 4) is 0 Å². The van der Waals surface area contributed by atoms with E-state index in [2.05, 4.69) is 0 Å². The number of hydrogen-bond donors (Lipinski definition) is 2. The molecule has 0 bridgehead atoms. The predicted molar refractivity (Wildman–Crippen MR) is 75.7 cm³/mol. The van der Waals surface area contributed by atoms with Crippen LogP contribution in [0.25, 0.3) is 0 Å². The Labute approximate surface area is 121 Å². The lowest BCUT2D eigenvalue weighted by molar-refractivity contribution is -0.333. The predicted octanol–water partition coefficient (Wildman–Crippen LogP) is 1.26. The van der Waals surface area contributed by atoms with Crippen molar-refractivity contribution < 1.29 is 19.0 Å². The van der Waals surface area contributed by atoms with Crippen LogP contribution in [0.15, 0.2) is 0 Å².